The van der Waals surface area contributed by atoms with Crippen molar-refractivity contribution in [2.75, 3.05) is 13.1 Å². The van der Waals surface area contributed by atoms with Crippen LogP contribution in [0.4, 0.5) is 0 Å². The molecule has 1 saturated heterocycles. The summed E-state index contributed by atoms with van der Waals surface area (Å²) in [7, 11) is 0. The first-order valence-corrected chi connectivity index (χ1v) is 10.7. The molecule has 0 aliphatic carbocycles. The molecule has 2 aromatic heterocycles. The first-order valence-electron chi connectivity index (χ1n) is 10.7. The Bertz CT molecular complexity index is 1060. The van der Waals surface area contributed by atoms with E-state index in [9.17, 15) is 4.79 Å². The van der Waals surface area contributed by atoms with Crippen LogP contribution in [0.5, 0.6) is 0 Å². The third kappa shape index (κ3) is 3.81. The zero-order valence-electron chi connectivity index (χ0n) is 18.2. The molecule has 0 spiro atoms. The van der Waals surface area contributed by atoms with Crippen LogP contribution >= 0.6 is 0 Å². The van der Waals surface area contributed by atoms with E-state index in [1.807, 2.05) is 12.3 Å². The quantitative estimate of drug-likeness (QED) is 0.634. The van der Waals surface area contributed by atoms with Gasteiger partial charge in [-0.15, -0.1) is 0 Å². The maximum Gasteiger partial charge on any atom is 0.228 e. The predicted octanol–water partition coefficient (Wildman–Crippen LogP) is 4.97. The van der Waals surface area contributed by atoms with E-state index in [-0.39, 0.29) is 5.91 Å². The molecule has 4 heteroatoms. The highest BCUT2D eigenvalue weighted by Gasteiger charge is 2.27. The molecule has 1 aromatic carbocycles. The zero-order chi connectivity index (χ0) is 20.7. The molecule has 29 heavy (non-hydrogen) atoms. The number of imidazole rings is 1. The summed E-state index contributed by atoms with van der Waals surface area (Å²) >= 11 is 0. The topological polar surface area (TPSA) is 37.6 Å². The predicted molar refractivity (Wildman–Crippen MR) is 118 cm³/mol. The molecule has 0 saturated carbocycles. The number of nitrogens with zero attached hydrogens (tertiary/aromatic N) is 3. The maximum absolute atomic E-state index is 13.3. The molecule has 4 nitrogen and oxygen atoms in total. The number of fused-ring (bicyclic) bond motifs is 1. The van der Waals surface area contributed by atoms with Crippen LogP contribution in [-0.4, -0.2) is 33.3 Å². The van der Waals surface area contributed by atoms with Crippen molar-refractivity contribution in [2.24, 2.45) is 11.8 Å². The number of piperidine rings is 1. The van der Waals surface area contributed by atoms with E-state index >= 15 is 0 Å². The van der Waals surface area contributed by atoms with Gasteiger partial charge >= 0.3 is 0 Å². The summed E-state index contributed by atoms with van der Waals surface area (Å²) in [4.78, 5) is 20.3. The van der Waals surface area contributed by atoms with Gasteiger partial charge < -0.3 is 9.30 Å². The Morgan fingerprint density at radius 2 is 1.76 bits per heavy atom. The van der Waals surface area contributed by atoms with E-state index in [0.717, 1.165) is 41.3 Å². The van der Waals surface area contributed by atoms with E-state index < -0.39 is 0 Å². The fourth-order valence-corrected chi connectivity index (χ4v) is 4.66. The number of aromatic nitrogens is 2. The van der Waals surface area contributed by atoms with Crippen LogP contribution in [0, 0.1) is 32.6 Å². The lowest BCUT2D eigenvalue weighted by molar-refractivity contribution is -0.133. The van der Waals surface area contributed by atoms with E-state index in [1.165, 1.54) is 17.5 Å². The van der Waals surface area contributed by atoms with Crippen LogP contribution in [0.25, 0.3) is 16.9 Å². The summed E-state index contributed by atoms with van der Waals surface area (Å²) in [5.74, 6) is 1.33. The van der Waals surface area contributed by atoms with Gasteiger partial charge in [0.15, 0.2) is 0 Å². The molecule has 0 N–H and O–H groups in total. The maximum atomic E-state index is 13.3. The molecule has 1 aliphatic heterocycles. The number of benzene rings is 1. The standard InChI is InChI=1S/C25H31N3O/c1-16-11-17(2)15-27(14-16)23(29)13-22-24(21-9-8-18(3)20(5)12-21)26-25-19(4)7-6-10-28(22)25/h6-10,12,16-17H,11,13-15H2,1-5H3. The molecule has 0 radical (unpaired) electrons. The normalized spacial score (nSPS) is 19.7. The summed E-state index contributed by atoms with van der Waals surface area (Å²) in [6.07, 6.45) is 3.61. The molecular formula is C25H31N3O. The molecule has 2 atom stereocenters. The number of hydrogen-bond acceptors (Lipinski definition) is 2. The first kappa shape index (κ1) is 19.7. The van der Waals surface area contributed by atoms with Crippen molar-refractivity contribution in [1.29, 1.82) is 0 Å². The van der Waals surface area contributed by atoms with Crippen molar-refractivity contribution in [1.82, 2.24) is 14.3 Å². The lowest BCUT2D eigenvalue weighted by Gasteiger charge is -2.35. The van der Waals surface area contributed by atoms with Crippen molar-refractivity contribution in [3.05, 3.63) is 58.9 Å². The second-order valence-electron chi connectivity index (χ2n) is 9.01. The minimum absolute atomic E-state index is 0.205. The summed E-state index contributed by atoms with van der Waals surface area (Å²) < 4.78 is 2.11. The molecule has 1 fully saturated rings. The Kier molecular flexibility index (Phi) is 5.20. The number of carbonyl (C=O) groups is 1. The Balaban J connectivity index is 1.77. The summed E-state index contributed by atoms with van der Waals surface area (Å²) in [6.45, 7) is 12.5. The van der Waals surface area contributed by atoms with Gasteiger partial charge in [-0.2, -0.15) is 0 Å². The monoisotopic (exact) mass is 389 g/mol. The molecule has 1 aliphatic rings. The number of pyridine rings is 1. The third-order valence-electron chi connectivity index (χ3n) is 6.26. The van der Waals surface area contributed by atoms with E-state index in [0.29, 0.717) is 18.3 Å². The zero-order valence-corrected chi connectivity index (χ0v) is 18.2. The minimum atomic E-state index is 0.205. The molecule has 4 rings (SSSR count). The summed E-state index contributed by atoms with van der Waals surface area (Å²) in [5, 5.41) is 0. The van der Waals surface area contributed by atoms with Gasteiger partial charge in [-0.1, -0.05) is 32.0 Å². The van der Waals surface area contributed by atoms with Gasteiger partial charge in [0.2, 0.25) is 5.91 Å². The van der Waals surface area contributed by atoms with Crippen LogP contribution in [0.1, 0.15) is 42.7 Å². The smallest absolute Gasteiger partial charge is 0.228 e. The van der Waals surface area contributed by atoms with Crippen LogP contribution in [0.15, 0.2) is 36.5 Å². The lowest BCUT2D eigenvalue weighted by atomic mass is 9.91. The number of amides is 1. The van der Waals surface area contributed by atoms with Gasteiger partial charge in [0.25, 0.3) is 0 Å². The number of hydrogen-bond donors (Lipinski definition) is 0. The highest BCUT2D eigenvalue weighted by Crippen LogP contribution is 2.29. The van der Waals surface area contributed by atoms with Crippen molar-refractivity contribution < 1.29 is 4.79 Å². The highest BCUT2D eigenvalue weighted by molar-refractivity contribution is 5.82. The fraction of sp³-hybridized carbons (Fsp3) is 0.440. The van der Waals surface area contributed by atoms with Crippen LogP contribution in [0.2, 0.25) is 0 Å². The van der Waals surface area contributed by atoms with Crippen LogP contribution in [0.3, 0.4) is 0 Å². The van der Waals surface area contributed by atoms with Crippen LogP contribution < -0.4 is 0 Å². The van der Waals surface area contributed by atoms with Crippen molar-refractivity contribution in [2.45, 2.75) is 47.5 Å². The minimum Gasteiger partial charge on any atom is -0.342 e. The summed E-state index contributed by atoms with van der Waals surface area (Å²) in [5.41, 5.74) is 7.56. The fourth-order valence-electron chi connectivity index (χ4n) is 4.66. The Morgan fingerprint density at radius 1 is 1.03 bits per heavy atom. The summed E-state index contributed by atoms with van der Waals surface area (Å²) in [6, 6.07) is 10.6. The number of aryl methyl sites for hydroxylation is 3. The van der Waals surface area contributed by atoms with Gasteiger partial charge in [-0.25, -0.2) is 4.98 Å². The van der Waals surface area contributed by atoms with Gasteiger partial charge in [-0.3, -0.25) is 4.79 Å². The second kappa shape index (κ2) is 7.66. The van der Waals surface area contributed by atoms with Gasteiger partial charge in [0.05, 0.1) is 17.8 Å². The average Bonchev–Trinajstić information content (AvgIpc) is 3.03. The van der Waals surface area contributed by atoms with E-state index in [4.69, 9.17) is 4.98 Å². The van der Waals surface area contributed by atoms with Gasteiger partial charge in [0, 0.05) is 24.8 Å². The second-order valence-corrected chi connectivity index (χ2v) is 9.01. The van der Waals surface area contributed by atoms with E-state index in [2.05, 4.69) is 68.2 Å². The molecule has 3 heterocycles. The Hall–Kier alpha value is -2.62. The Labute approximate surface area is 173 Å². The molecule has 2 unspecified atom stereocenters. The SMILES string of the molecule is Cc1ccc(-c2nc3c(C)cccn3c2CC(=O)N2CC(C)CC(C)C2)cc1C. The van der Waals surface area contributed by atoms with E-state index in [1.54, 1.807) is 0 Å². The third-order valence-corrected chi connectivity index (χ3v) is 6.26. The molecule has 152 valence electrons. The lowest BCUT2D eigenvalue weighted by Crippen LogP contribution is -2.43. The van der Waals surface area contributed by atoms with Crippen LogP contribution in [-0.2, 0) is 11.2 Å². The van der Waals surface area contributed by atoms with Crippen molar-refractivity contribution in [3.8, 4) is 11.3 Å². The molecule has 1 amide bonds. The van der Waals surface area contributed by atoms with Gasteiger partial charge in [0.1, 0.15) is 5.65 Å². The Morgan fingerprint density at radius 3 is 2.45 bits per heavy atom. The number of carbonyl (C=O) groups excluding carboxylic acids is 1. The number of rotatable bonds is 3. The molecule has 3 aromatic rings. The van der Waals surface area contributed by atoms with Gasteiger partial charge in [-0.05, 0) is 67.9 Å². The number of likely N-dealkylation sites (tertiary alicyclic amines) is 1. The first-order chi connectivity index (χ1) is 13.8. The van der Waals surface area contributed by atoms with Crippen molar-refractivity contribution in [3.63, 3.8) is 0 Å². The van der Waals surface area contributed by atoms with Crippen molar-refractivity contribution >= 4 is 11.6 Å². The largest absolute Gasteiger partial charge is 0.342 e. The molecular weight excluding hydrogens is 358 g/mol. The highest BCUT2D eigenvalue weighted by atomic mass is 16.2. The molecule has 0 bridgehead atoms. The average molecular weight is 390 g/mol.